The number of rotatable bonds is 2. The zero-order valence-corrected chi connectivity index (χ0v) is 9.47. The van der Waals surface area contributed by atoms with Crippen LogP contribution in [0.3, 0.4) is 0 Å². The molecule has 0 aromatic heterocycles. The van der Waals surface area contributed by atoms with E-state index in [-0.39, 0.29) is 0 Å². The van der Waals surface area contributed by atoms with Gasteiger partial charge in [0.15, 0.2) is 0 Å². The lowest BCUT2D eigenvalue weighted by Gasteiger charge is -2.32. The van der Waals surface area contributed by atoms with Gasteiger partial charge in [-0.25, -0.2) is 0 Å². The van der Waals surface area contributed by atoms with Crippen molar-refractivity contribution in [1.29, 1.82) is 0 Å². The predicted octanol–water partition coefficient (Wildman–Crippen LogP) is 1.72. The summed E-state index contributed by atoms with van der Waals surface area (Å²) in [4.78, 5) is 2.47. The molecule has 0 radical (unpaired) electrons. The SMILES string of the molecule is CN1CCC(CC2CCCNC2)CC1. The molecule has 2 heteroatoms. The van der Waals surface area contributed by atoms with Crippen LogP contribution in [0.15, 0.2) is 0 Å². The second-order valence-electron chi connectivity index (χ2n) is 5.19. The molecule has 2 nitrogen and oxygen atoms in total. The fourth-order valence-corrected chi connectivity index (χ4v) is 2.89. The zero-order chi connectivity index (χ0) is 9.80. The molecule has 0 saturated carbocycles. The molecule has 0 aromatic rings. The Hall–Kier alpha value is -0.0800. The highest BCUT2D eigenvalue weighted by atomic mass is 15.1. The van der Waals surface area contributed by atoms with Gasteiger partial charge in [0.2, 0.25) is 0 Å². The molecule has 82 valence electrons. The Balaban J connectivity index is 1.68. The molecule has 1 unspecified atom stereocenters. The molecule has 0 spiro atoms. The third kappa shape index (κ3) is 2.96. The van der Waals surface area contributed by atoms with E-state index in [9.17, 15) is 0 Å². The van der Waals surface area contributed by atoms with Crippen LogP contribution < -0.4 is 5.32 Å². The van der Waals surface area contributed by atoms with Gasteiger partial charge in [0, 0.05) is 0 Å². The number of piperidine rings is 2. The third-order valence-corrected chi connectivity index (χ3v) is 3.90. The van der Waals surface area contributed by atoms with E-state index in [0.29, 0.717) is 0 Å². The molecular formula is C12H24N2. The summed E-state index contributed by atoms with van der Waals surface area (Å²) in [5.41, 5.74) is 0. The lowest BCUT2D eigenvalue weighted by molar-refractivity contribution is 0.185. The number of nitrogens with zero attached hydrogens (tertiary/aromatic N) is 1. The van der Waals surface area contributed by atoms with Crippen LogP contribution in [0, 0.1) is 11.8 Å². The lowest BCUT2D eigenvalue weighted by atomic mass is 9.84. The minimum absolute atomic E-state index is 0.983. The Kier molecular flexibility index (Phi) is 3.82. The molecule has 2 rings (SSSR count). The molecule has 2 heterocycles. The van der Waals surface area contributed by atoms with Gasteiger partial charge in [-0.1, -0.05) is 0 Å². The van der Waals surface area contributed by atoms with Crippen molar-refractivity contribution in [2.24, 2.45) is 11.8 Å². The fourth-order valence-electron chi connectivity index (χ4n) is 2.89. The summed E-state index contributed by atoms with van der Waals surface area (Å²) in [6.07, 6.45) is 7.23. The molecule has 1 N–H and O–H groups in total. The van der Waals surface area contributed by atoms with Crippen molar-refractivity contribution in [1.82, 2.24) is 10.2 Å². The first-order valence-corrected chi connectivity index (χ1v) is 6.24. The smallest absolute Gasteiger partial charge is 0.00191 e. The van der Waals surface area contributed by atoms with E-state index in [1.54, 1.807) is 0 Å². The van der Waals surface area contributed by atoms with Crippen molar-refractivity contribution < 1.29 is 0 Å². The van der Waals surface area contributed by atoms with Crippen molar-refractivity contribution >= 4 is 0 Å². The van der Waals surface area contributed by atoms with Crippen molar-refractivity contribution in [2.45, 2.75) is 32.1 Å². The summed E-state index contributed by atoms with van der Waals surface area (Å²) in [7, 11) is 2.25. The highest BCUT2D eigenvalue weighted by molar-refractivity contribution is 4.76. The first kappa shape index (κ1) is 10.4. The van der Waals surface area contributed by atoms with Gasteiger partial charge in [0.05, 0.1) is 0 Å². The Morgan fingerprint density at radius 3 is 2.57 bits per heavy atom. The normalized spacial score (nSPS) is 31.9. The van der Waals surface area contributed by atoms with Crippen LogP contribution in [-0.2, 0) is 0 Å². The summed E-state index contributed by atoms with van der Waals surface area (Å²) in [5.74, 6) is 2.01. The Labute approximate surface area is 88.1 Å². The van der Waals surface area contributed by atoms with Crippen molar-refractivity contribution in [3.05, 3.63) is 0 Å². The van der Waals surface area contributed by atoms with E-state index in [1.807, 2.05) is 0 Å². The summed E-state index contributed by atoms with van der Waals surface area (Å²) in [5, 5.41) is 3.52. The topological polar surface area (TPSA) is 15.3 Å². The average molecular weight is 196 g/mol. The first-order chi connectivity index (χ1) is 6.84. The summed E-state index contributed by atoms with van der Waals surface area (Å²) in [6, 6.07) is 0. The second-order valence-corrected chi connectivity index (χ2v) is 5.19. The van der Waals surface area contributed by atoms with E-state index < -0.39 is 0 Å². The summed E-state index contributed by atoms with van der Waals surface area (Å²) >= 11 is 0. The van der Waals surface area contributed by atoms with E-state index in [4.69, 9.17) is 0 Å². The molecule has 14 heavy (non-hydrogen) atoms. The van der Waals surface area contributed by atoms with Crippen LogP contribution in [0.4, 0.5) is 0 Å². The summed E-state index contributed by atoms with van der Waals surface area (Å²) < 4.78 is 0. The Bertz CT molecular complexity index is 156. The van der Waals surface area contributed by atoms with Crippen LogP contribution in [0.1, 0.15) is 32.1 Å². The van der Waals surface area contributed by atoms with Crippen LogP contribution in [-0.4, -0.2) is 38.1 Å². The van der Waals surface area contributed by atoms with Crippen LogP contribution in [0.25, 0.3) is 0 Å². The van der Waals surface area contributed by atoms with E-state index in [2.05, 4.69) is 17.3 Å². The molecule has 2 aliphatic heterocycles. The molecule has 2 fully saturated rings. The fraction of sp³-hybridized carbons (Fsp3) is 1.00. The van der Waals surface area contributed by atoms with Gasteiger partial charge in [-0.2, -0.15) is 0 Å². The molecular weight excluding hydrogens is 172 g/mol. The van der Waals surface area contributed by atoms with Crippen LogP contribution >= 0.6 is 0 Å². The summed E-state index contributed by atoms with van der Waals surface area (Å²) in [6.45, 7) is 5.19. The maximum absolute atomic E-state index is 3.52. The van der Waals surface area contributed by atoms with E-state index >= 15 is 0 Å². The maximum Gasteiger partial charge on any atom is -0.00191 e. The Morgan fingerprint density at radius 2 is 1.93 bits per heavy atom. The number of hydrogen-bond donors (Lipinski definition) is 1. The molecule has 0 aliphatic carbocycles. The van der Waals surface area contributed by atoms with Gasteiger partial charge >= 0.3 is 0 Å². The monoisotopic (exact) mass is 196 g/mol. The number of nitrogens with one attached hydrogen (secondary N) is 1. The van der Waals surface area contributed by atoms with Gasteiger partial charge < -0.3 is 10.2 Å². The van der Waals surface area contributed by atoms with Crippen LogP contribution in [0.2, 0.25) is 0 Å². The quantitative estimate of drug-likeness (QED) is 0.723. The van der Waals surface area contributed by atoms with Gasteiger partial charge in [-0.15, -0.1) is 0 Å². The van der Waals surface area contributed by atoms with Crippen molar-refractivity contribution in [2.75, 3.05) is 33.2 Å². The molecule has 0 bridgehead atoms. The standard InChI is InChI=1S/C12H24N2/c1-14-7-4-11(5-8-14)9-12-3-2-6-13-10-12/h11-13H,2-10H2,1H3. The van der Waals surface area contributed by atoms with Crippen molar-refractivity contribution in [3.8, 4) is 0 Å². The number of hydrogen-bond acceptors (Lipinski definition) is 2. The number of likely N-dealkylation sites (tertiary alicyclic amines) is 1. The highest BCUT2D eigenvalue weighted by Gasteiger charge is 2.21. The van der Waals surface area contributed by atoms with E-state index in [0.717, 1.165) is 11.8 Å². The van der Waals surface area contributed by atoms with Crippen LogP contribution in [0.5, 0.6) is 0 Å². The maximum atomic E-state index is 3.52. The van der Waals surface area contributed by atoms with Gasteiger partial charge in [-0.3, -0.25) is 0 Å². The van der Waals surface area contributed by atoms with Gasteiger partial charge in [0.25, 0.3) is 0 Å². The van der Waals surface area contributed by atoms with Gasteiger partial charge in [-0.05, 0) is 77.2 Å². The Morgan fingerprint density at radius 1 is 1.14 bits per heavy atom. The molecule has 1 atom stereocenters. The molecule has 0 amide bonds. The highest BCUT2D eigenvalue weighted by Crippen LogP contribution is 2.26. The van der Waals surface area contributed by atoms with Gasteiger partial charge in [0.1, 0.15) is 0 Å². The first-order valence-electron chi connectivity index (χ1n) is 6.24. The second kappa shape index (κ2) is 5.13. The zero-order valence-electron chi connectivity index (χ0n) is 9.47. The lowest BCUT2D eigenvalue weighted by Crippen LogP contribution is -2.34. The molecule has 0 aromatic carbocycles. The molecule has 2 aliphatic rings. The van der Waals surface area contributed by atoms with Crippen molar-refractivity contribution in [3.63, 3.8) is 0 Å². The largest absolute Gasteiger partial charge is 0.316 e. The third-order valence-electron chi connectivity index (χ3n) is 3.90. The average Bonchev–Trinajstić information content (AvgIpc) is 2.23. The minimum Gasteiger partial charge on any atom is -0.316 e. The van der Waals surface area contributed by atoms with E-state index in [1.165, 1.54) is 58.3 Å². The molecule has 2 saturated heterocycles. The minimum atomic E-state index is 0.983. The predicted molar refractivity (Wildman–Crippen MR) is 60.4 cm³/mol.